The van der Waals surface area contributed by atoms with Crippen LogP contribution in [0.25, 0.3) is 0 Å². The number of anilines is 1. The molecule has 116 valence electrons. The minimum Gasteiger partial charge on any atom is -0.355 e. The summed E-state index contributed by atoms with van der Waals surface area (Å²) in [5.74, 6) is -0.403. The quantitative estimate of drug-likeness (QED) is 0.900. The lowest BCUT2D eigenvalue weighted by Gasteiger charge is -2.10. The first kappa shape index (κ1) is 15.8. The number of rotatable bonds is 4. The van der Waals surface area contributed by atoms with Gasteiger partial charge in [-0.05, 0) is 26.0 Å². The lowest BCUT2D eigenvalue weighted by molar-refractivity contribution is -0.115. The van der Waals surface area contributed by atoms with Crippen molar-refractivity contribution < 1.29 is 9.59 Å². The van der Waals surface area contributed by atoms with Gasteiger partial charge in [0.15, 0.2) is 0 Å². The van der Waals surface area contributed by atoms with Crippen LogP contribution < -0.4 is 10.6 Å². The van der Waals surface area contributed by atoms with Crippen molar-refractivity contribution in [2.75, 3.05) is 12.4 Å². The van der Waals surface area contributed by atoms with Crippen molar-refractivity contribution in [3.05, 3.63) is 46.8 Å². The predicted molar refractivity (Wildman–Crippen MR) is 84.8 cm³/mol. The highest BCUT2D eigenvalue weighted by molar-refractivity contribution is 6.04. The summed E-state index contributed by atoms with van der Waals surface area (Å²) in [6.07, 6.45) is 0.230. The van der Waals surface area contributed by atoms with E-state index in [9.17, 15) is 9.59 Å². The van der Waals surface area contributed by atoms with Gasteiger partial charge in [0.1, 0.15) is 0 Å². The molecule has 0 bridgehead atoms. The summed E-state index contributed by atoms with van der Waals surface area (Å²) in [5.41, 5.74) is 3.67. The van der Waals surface area contributed by atoms with Gasteiger partial charge in [-0.2, -0.15) is 5.10 Å². The largest absolute Gasteiger partial charge is 0.355 e. The van der Waals surface area contributed by atoms with Crippen LogP contribution >= 0.6 is 0 Å². The highest BCUT2D eigenvalue weighted by Gasteiger charge is 2.16. The Bertz CT molecular complexity index is 719. The number of nitrogens with one attached hydrogen (secondary N) is 2. The Morgan fingerprint density at radius 2 is 1.91 bits per heavy atom. The number of hydrogen-bond donors (Lipinski definition) is 2. The molecule has 6 heteroatoms. The predicted octanol–water partition coefficient (Wildman–Crippen LogP) is 1.58. The van der Waals surface area contributed by atoms with Crippen LogP contribution in [-0.2, 0) is 18.3 Å². The smallest absolute Gasteiger partial charge is 0.253 e. The van der Waals surface area contributed by atoms with Crippen LogP contribution in [-0.4, -0.2) is 28.6 Å². The van der Waals surface area contributed by atoms with Crippen LogP contribution in [0.3, 0.4) is 0 Å². The number of benzene rings is 1. The van der Waals surface area contributed by atoms with Crippen LogP contribution in [0.1, 0.15) is 27.3 Å². The van der Waals surface area contributed by atoms with Gasteiger partial charge < -0.3 is 10.6 Å². The van der Waals surface area contributed by atoms with E-state index in [-0.39, 0.29) is 18.2 Å². The van der Waals surface area contributed by atoms with Gasteiger partial charge in [-0.15, -0.1) is 0 Å². The van der Waals surface area contributed by atoms with E-state index in [0.29, 0.717) is 11.3 Å². The fraction of sp³-hybridized carbons (Fsp3) is 0.312. The third kappa shape index (κ3) is 3.16. The minimum absolute atomic E-state index is 0.171. The van der Waals surface area contributed by atoms with Crippen molar-refractivity contribution in [3.8, 4) is 0 Å². The highest BCUT2D eigenvalue weighted by Crippen LogP contribution is 2.17. The molecule has 0 spiro atoms. The molecule has 2 rings (SSSR count). The summed E-state index contributed by atoms with van der Waals surface area (Å²) in [5, 5.41) is 9.67. The van der Waals surface area contributed by atoms with Gasteiger partial charge in [-0.25, -0.2) is 0 Å². The number of amides is 2. The fourth-order valence-corrected chi connectivity index (χ4v) is 2.35. The molecular weight excluding hydrogens is 280 g/mol. The third-order valence-corrected chi connectivity index (χ3v) is 3.67. The summed E-state index contributed by atoms with van der Waals surface area (Å²) in [7, 11) is 3.41. The maximum absolute atomic E-state index is 12.3. The number of aryl methyl sites for hydroxylation is 2. The summed E-state index contributed by atoms with van der Waals surface area (Å²) in [6.45, 7) is 3.81. The number of nitrogens with zero attached hydrogens (tertiary/aromatic N) is 2. The van der Waals surface area contributed by atoms with Gasteiger partial charge in [0.25, 0.3) is 5.91 Å². The summed E-state index contributed by atoms with van der Waals surface area (Å²) < 4.78 is 1.76. The summed E-state index contributed by atoms with van der Waals surface area (Å²) >= 11 is 0. The number of hydrogen-bond acceptors (Lipinski definition) is 3. The van der Waals surface area contributed by atoms with Crippen molar-refractivity contribution in [3.63, 3.8) is 0 Å². The Morgan fingerprint density at radius 3 is 2.50 bits per heavy atom. The van der Waals surface area contributed by atoms with Crippen molar-refractivity contribution in [2.45, 2.75) is 20.3 Å². The van der Waals surface area contributed by atoms with E-state index in [1.807, 2.05) is 20.9 Å². The van der Waals surface area contributed by atoms with E-state index in [0.717, 1.165) is 17.0 Å². The second-order valence-electron chi connectivity index (χ2n) is 5.12. The lowest BCUT2D eigenvalue weighted by Crippen LogP contribution is -2.22. The second-order valence-corrected chi connectivity index (χ2v) is 5.12. The van der Waals surface area contributed by atoms with E-state index >= 15 is 0 Å². The average Bonchev–Trinajstić information content (AvgIpc) is 2.73. The van der Waals surface area contributed by atoms with E-state index in [2.05, 4.69) is 15.7 Å². The maximum atomic E-state index is 12.3. The van der Waals surface area contributed by atoms with Crippen LogP contribution in [0, 0.1) is 13.8 Å². The zero-order chi connectivity index (χ0) is 16.3. The molecule has 0 saturated carbocycles. The molecule has 2 N–H and O–H groups in total. The van der Waals surface area contributed by atoms with Crippen LogP contribution in [0.5, 0.6) is 0 Å². The molecule has 1 aromatic heterocycles. The molecule has 2 amide bonds. The number of carbonyl (C=O) groups excluding carboxylic acids is 2. The Balaban J connectivity index is 2.18. The Morgan fingerprint density at radius 1 is 1.23 bits per heavy atom. The van der Waals surface area contributed by atoms with Gasteiger partial charge in [0, 0.05) is 25.4 Å². The highest BCUT2D eigenvalue weighted by atomic mass is 16.2. The first-order valence-corrected chi connectivity index (χ1v) is 7.04. The monoisotopic (exact) mass is 300 g/mol. The zero-order valence-corrected chi connectivity index (χ0v) is 13.2. The van der Waals surface area contributed by atoms with Crippen LogP contribution in [0.4, 0.5) is 5.69 Å². The minimum atomic E-state index is -0.232. The normalized spacial score (nSPS) is 10.4. The molecule has 22 heavy (non-hydrogen) atoms. The van der Waals surface area contributed by atoms with Crippen molar-refractivity contribution in [1.82, 2.24) is 15.1 Å². The molecular formula is C16H20N4O2. The number of para-hydroxylation sites is 1. The second kappa shape index (κ2) is 6.43. The Hall–Kier alpha value is -2.63. The molecule has 0 aliphatic carbocycles. The van der Waals surface area contributed by atoms with Gasteiger partial charge >= 0.3 is 0 Å². The molecule has 1 aromatic carbocycles. The molecule has 0 radical (unpaired) electrons. The SMILES string of the molecule is CNC(=O)c1ccccc1NC(=O)Cc1c(C)nn(C)c1C. The molecule has 0 aliphatic heterocycles. The maximum Gasteiger partial charge on any atom is 0.253 e. The first-order valence-electron chi connectivity index (χ1n) is 7.04. The molecule has 6 nitrogen and oxygen atoms in total. The van der Waals surface area contributed by atoms with Crippen LogP contribution in [0.15, 0.2) is 24.3 Å². The lowest BCUT2D eigenvalue weighted by atomic mass is 10.1. The van der Waals surface area contributed by atoms with Gasteiger partial charge in [0.2, 0.25) is 5.91 Å². The van der Waals surface area contributed by atoms with E-state index in [4.69, 9.17) is 0 Å². The van der Waals surface area contributed by atoms with Gasteiger partial charge in [0.05, 0.1) is 23.4 Å². The standard InChI is InChI=1S/C16H20N4O2/c1-10-13(11(2)20(4)19-10)9-15(21)18-14-8-6-5-7-12(14)16(22)17-3/h5-8H,9H2,1-4H3,(H,17,22)(H,18,21). The van der Waals surface area contributed by atoms with Crippen molar-refractivity contribution >= 4 is 17.5 Å². The van der Waals surface area contributed by atoms with E-state index in [1.165, 1.54) is 0 Å². The molecule has 1 heterocycles. The van der Waals surface area contributed by atoms with E-state index < -0.39 is 0 Å². The Labute approximate surface area is 129 Å². The van der Waals surface area contributed by atoms with Crippen molar-refractivity contribution in [1.29, 1.82) is 0 Å². The first-order chi connectivity index (χ1) is 10.4. The molecule has 2 aromatic rings. The average molecular weight is 300 g/mol. The Kier molecular flexibility index (Phi) is 4.60. The molecule has 0 unspecified atom stereocenters. The summed E-state index contributed by atoms with van der Waals surface area (Å²) in [6, 6.07) is 6.93. The van der Waals surface area contributed by atoms with E-state index in [1.54, 1.807) is 36.0 Å². The molecule has 0 fully saturated rings. The molecule has 0 aliphatic rings. The zero-order valence-electron chi connectivity index (χ0n) is 13.2. The topological polar surface area (TPSA) is 76.0 Å². The van der Waals surface area contributed by atoms with Crippen LogP contribution in [0.2, 0.25) is 0 Å². The number of aromatic nitrogens is 2. The molecule has 0 atom stereocenters. The van der Waals surface area contributed by atoms with Gasteiger partial charge in [-0.1, -0.05) is 12.1 Å². The van der Waals surface area contributed by atoms with Crippen molar-refractivity contribution in [2.24, 2.45) is 7.05 Å². The summed E-state index contributed by atoms with van der Waals surface area (Å²) in [4.78, 5) is 24.1. The fourth-order valence-electron chi connectivity index (χ4n) is 2.35. The molecule has 0 saturated heterocycles. The van der Waals surface area contributed by atoms with Gasteiger partial charge in [-0.3, -0.25) is 14.3 Å². The number of carbonyl (C=O) groups is 2. The third-order valence-electron chi connectivity index (χ3n) is 3.67.